The van der Waals surface area contributed by atoms with E-state index in [1.807, 2.05) is 37.3 Å². The fourth-order valence-electron chi connectivity index (χ4n) is 3.53. The van der Waals surface area contributed by atoms with Crippen molar-refractivity contribution in [2.24, 2.45) is 0 Å². The molecule has 2 aromatic carbocycles. The summed E-state index contributed by atoms with van der Waals surface area (Å²) in [5, 5.41) is 0.676. The first-order valence-corrected chi connectivity index (χ1v) is 9.57. The highest BCUT2D eigenvalue weighted by Gasteiger charge is 2.54. The first-order chi connectivity index (χ1) is 13.1. The number of benzene rings is 2. The lowest BCUT2D eigenvalue weighted by Crippen LogP contribution is -2.47. The van der Waals surface area contributed by atoms with E-state index in [1.54, 1.807) is 17.0 Å². The summed E-state index contributed by atoms with van der Waals surface area (Å²) >= 11 is 5.88. The van der Waals surface area contributed by atoms with Gasteiger partial charge in [-0.2, -0.15) is 0 Å². The second-order valence-corrected chi connectivity index (χ2v) is 7.24. The van der Waals surface area contributed by atoms with Gasteiger partial charge in [-0.3, -0.25) is 4.79 Å². The third kappa shape index (κ3) is 3.43. The quantitative estimate of drug-likeness (QED) is 0.726. The van der Waals surface area contributed by atoms with E-state index in [-0.39, 0.29) is 5.91 Å². The minimum atomic E-state index is -1.28. The number of ether oxygens (including phenoxy) is 3. The van der Waals surface area contributed by atoms with Crippen LogP contribution in [-0.2, 0) is 20.1 Å². The maximum Gasteiger partial charge on any atom is 0.292 e. The molecular formula is C21H22ClNO4. The molecule has 4 rings (SSSR count). The molecule has 0 N–H and O–H groups in total. The zero-order valence-corrected chi connectivity index (χ0v) is 16.0. The third-order valence-electron chi connectivity index (χ3n) is 4.83. The standard InChI is InChI=1S/C21H22ClNO4/c1-15-4-9-19-18(14-15)21(26-12-3-13-27-21)20(24)23(19)10-2-11-25-17-7-5-16(22)6-8-17/h4-9,14H,2-3,10-13H2,1H3. The molecule has 27 heavy (non-hydrogen) atoms. The van der Waals surface area contributed by atoms with Crippen molar-refractivity contribution in [1.82, 2.24) is 0 Å². The Hall–Kier alpha value is -2.08. The Bertz CT molecular complexity index is 831. The van der Waals surface area contributed by atoms with Crippen LogP contribution in [0.5, 0.6) is 5.75 Å². The van der Waals surface area contributed by atoms with Gasteiger partial charge < -0.3 is 19.1 Å². The van der Waals surface area contributed by atoms with Crippen LogP contribution in [0.15, 0.2) is 42.5 Å². The lowest BCUT2D eigenvalue weighted by atomic mass is 10.0. The smallest absolute Gasteiger partial charge is 0.292 e. The molecule has 1 amide bonds. The van der Waals surface area contributed by atoms with Crippen LogP contribution in [-0.4, -0.2) is 32.3 Å². The first-order valence-electron chi connectivity index (χ1n) is 9.19. The van der Waals surface area contributed by atoms with Gasteiger partial charge in [0.2, 0.25) is 0 Å². The fraction of sp³-hybridized carbons (Fsp3) is 0.381. The van der Waals surface area contributed by atoms with Crippen LogP contribution in [0.25, 0.3) is 0 Å². The Kier molecular flexibility index (Phi) is 5.08. The molecule has 0 aliphatic carbocycles. The number of anilines is 1. The molecule has 0 radical (unpaired) electrons. The number of fused-ring (bicyclic) bond motifs is 2. The average Bonchev–Trinajstić information content (AvgIpc) is 2.89. The minimum Gasteiger partial charge on any atom is -0.494 e. The van der Waals surface area contributed by atoms with Crippen molar-refractivity contribution in [3.63, 3.8) is 0 Å². The highest BCUT2D eigenvalue weighted by Crippen LogP contribution is 2.45. The molecule has 142 valence electrons. The number of hydrogen-bond acceptors (Lipinski definition) is 4. The van der Waals surface area contributed by atoms with Crippen molar-refractivity contribution in [2.75, 3.05) is 31.3 Å². The predicted octanol–water partition coefficient (Wildman–Crippen LogP) is 4.05. The van der Waals surface area contributed by atoms with Crippen LogP contribution in [0.4, 0.5) is 5.69 Å². The number of aryl methyl sites for hydroxylation is 1. The Morgan fingerprint density at radius 3 is 2.63 bits per heavy atom. The summed E-state index contributed by atoms with van der Waals surface area (Å²) in [4.78, 5) is 14.9. The summed E-state index contributed by atoms with van der Waals surface area (Å²) in [7, 11) is 0. The molecule has 0 saturated carbocycles. The molecule has 0 atom stereocenters. The number of hydrogen-bond donors (Lipinski definition) is 0. The van der Waals surface area contributed by atoms with E-state index < -0.39 is 5.79 Å². The Balaban J connectivity index is 1.46. The first kappa shape index (κ1) is 18.3. The van der Waals surface area contributed by atoms with Crippen molar-refractivity contribution in [1.29, 1.82) is 0 Å². The maximum absolute atomic E-state index is 13.2. The second kappa shape index (κ2) is 7.50. The summed E-state index contributed by atoms with van der Waals surface area (Å²) in [5.41, 5.74) is 2.75. The Morgan fingerprint density at radius 1 is 1.15 bits per heavy atom. The summed E-state index contributed by atoms with van der Waals surface area (Å²) in [6.45, 7) is 4.08. The summed E-state index contributed by atoms with van der Waals surface area (Å²) in [6, 6.07) is 13.2. The van der Waals surface area contributed by atoms with Crippen molar-refractivity contribution in [3.05, 3.63) is 58.6 Å². The Labute approximate surface area is 163 Å². The molecule has 1 fully saturated rings. The van der Waals surface area contributed by atoms with Crippen molar-refractivity contribution in [3.8, 4) is 5.75 Å². The number of amides is 1. The molecule has 6 heteroatoms. The largest absolute Gasteiger partial charge is 0.494 e. The zero-order valence-electron chi connectivity index (χ0n) is 15.2. The van der Waals surface area contributed by atoms with Crippen molar-refractivity contribution >= 4 is 23.2 Å². The zero-order chi connectivity index (χ0) is 18.9. The van der Waals surface area contributed by atoms with Gasteiger partial charge in [0.1, 0.15) is 5.75 Å². The summed E-state index contributed by atoms with van der Waals surface area (Å²) in [5.74, 6) is -0.663. The third-order valence-corrected chi connectivity index (χ3v) is 5.08. The van der Waals surface area contributed by atoms with Crippen LogP contribution in [0.2, 0.25) is 5.02 Å². The Morgan fingerprint density at radius 2 is 1.89 bits per heavy atom. The number of carbonyl (C=O) groups is 1. The van der Waals surface area contributed by atoms with E-state index in [9.17, 15) is 4.79 Å². The number of nitrogens with zero attached hydrogens (tertiary/aromatic N) is 1. The van der Waals surface area contributed by atoms with Crippen LogP contribution in [0.3, 0.4) is 0 Å². The van der Waals surface area contributed by atoms with Crippen LogP contribution < -0.4 is 9.64 Å². The van der Waals surface area contributed by atoms with Gasteiger partial charge in [0.05, 0.1) is 25.5 Å². The molecule has 2 aliphatic rings. The van der Waals surface area contributed by atoms with Crippen LogP contribution in [0.1, 0.15) is 24.0 Å². The van der Waals surface area contributed by atoms with Crippen molar-refractivity contribution in [2.45, 2.75) is 25.6 Å². The van der Waals surface area contributed by atoms with E-state index >= 15 is 0 Å². The predicted molar refractivity (Wildman–Crippen MR) is 103 cm³/mol. The molecule has 0 aromatic heterocycles. The lowest BCUT2D eigenvalue weighted by Gasteiger charge is -2.32. The number of carbonyl (C=O) groups excluding carboxylic acids is 1. The molecule has 2 aromatic rings. The topological polar surface area (TPSA) is 48.0 Å². The molecule has 2 aliphatic heterocycles. The van der Waals surface area contributed by atoms with E-state index in [4.69, 9.17) is 25.8 Å². The van der Waals surface area contributed by atoms with Gasteiger partial charge >= 0.3 is 0 Å². The van der Waals surface area contributed by atoms with Gasteiger partial charge in [0.15, 0.2) is 0 Å². The number of rotatable bonds is 5. The SMILES string of the molecule is Cc1ccc2c(c1)C1(OCCCO1)C(=O)N2CCCOc1ccc(Cl)cc1. The molecule has 0 unspecified atom stereocenters. The van der Waals surface area contributed by atoms with Gasteiger partial charge in [-0.25, -0.2) is 0 Å². The van der Waals surface area contributed by atoms with Gasteiger partial charge in [-0.15, -0.1) is 0 Å². The van der Waals surface area contributed by atoms with Gasteiger partial charge in [-0.1, -0.05) is 23.2 Å². The maximum atomic E-state index is 13.2. The van der Waals surface area contributed by atoms with E-state index in [0.717, 1.165) is 29.0 Å². The summed E-state index contributed by atoms with van der Waals surface area (Å²) < 4.78 is 17.5. The van der Waals surface area contributed by atoms with E-state index in [0.29, 0.717) is 37.8 Å². The highest BCUT2D eigenvalue weighted by molar-refractivity contribution is 6.30. The van der Waals surface area contributed by atoms with Crippen LogP contribution in [0, 0.1) is 6.92 Å². The average molecular weight is 388 g/mol. The van der Waals surface area contributed by atoms with Crippen molar-refractivity contribution < 1.29 is 19.0 Å². The van der Waals surface area contributed by atoms with Crippen LogP contribution >= 0.6 is 11.6 Å². The van der Waals surface area contributed by atoms with Gasteiger partial charge in [0, 0.05) is 17.1 Å². The minimum absolute atomic E-state index is 0.144. The molecule has 1 spiro atoms. The molecule has 5 nitrogen and oxygen atoms in total. The normalized spacial score (nSPS) is 18.0. The van der Waals surface area contributed by atoms with Gasteiger partial charge in [-0.05, 0) is 56.2 Å². The lowest BCUT2D eigenvalue weighted by molar-refractivity contribution is -0.256. The molecule has 1 saturated heterocycles. The molecule has 0 bridgehead atoms. The number of halogens is 1. The fourth-order valence-corrected chi connectivity index (χ4v) is 3.65. The highest BCUT2D eigenvalue weighted by atomic mass is 35.5. The van der Waals surface area contributed by atoms with E-state index in [2.05, 4.69) is 0 Å². The van der Waals surface area contributed by atoms with Gasteiger partial charge in [0.25, 0.3) is 11.7 Å². The summed E-state index contributed by atoms with van der Waals surface area (Å²) in [6.07, 6.45) is 1.49. The van der Waals surface area contributed by atoms with E-state index in [1.165, 1.54) is 0 Å². The monoisotopic (exact) mass is 387 g/mol. The molecule has 2 heterocycles. The second-order valence-electron chi connectivity index (χ2n) is 6.80. The molecular weight excluding hydrogens is 366 g/mol.